The van der Waals surface area contributed by atoms with Gasteiger partial charge in [0.25, 0.3) is 23.6 Å². The number of carbonyl (C=O) groups is 5. The van der Waals surface area contributed by atoms with Crippen molar-refractivity contribution in [3.8, 4) is 0 Å². The number of aromatic carboxylic acids is 1. The van der Waals surface area contributed by atoms with Crippen molar-refractivity contribution in [2.24, 2.45) is 0 Å². The number of fused-ring (bicyclic) bond motifs is 2. The number of anilines is 2. The third-order valence-corrected chi connectivity index (χ3v) is 8.21. The maximum Gasteiger partial charge on any atom is 0.335 e. The minimum atomic E-state index is -1.13. The van der Waals surface area contributed by atoms with E-state index in [-0.39, 0.29) is 44.3 Å². The lowest BCUT2D eigenvalue weighted by Crippen LogP contribution is -2.43. The number of amides is 4. The van der Waals surface area contributed by atoms with E-state index in [1.165, 1.54) is 48.5 Å². The number of hydrogen-bond donors (Lipinski definition) is 1. The lowest BCUT2D eigenvalue weighted by atomic mass is 9.85. The number of imide groups is 2. The number of nitrogens with zero attached hydrogens (tertiary/aromatic N) is 2. The molecule has 0 saturated carbocycles. The van der Waals surface area contributed by atoms with Gasteiger partial charge in [-0.2, -0.15) is 0 Å². The van der Waals surface area contributed by atoms with Crippen molar-refractivity contribution in [3.63, 3.8) is 0 Å². The number of hydrogen-bond acceptors (Lipinski definition) is 5. The van der Waals surface area contributed by atoms with Gasteiger partial charge in [0.05, 0.1) is 16.9 Å². The minimum Gasteiger partial charge on any atom is -0.478 e. The summed E-state index contributed by atoms with van der Waals surface area (Å²) in [7, 11) is 0. The van der Waals surface area contributed by atoms with Crippen molar-refractivity contribution in [2.45, 2.75) is 0 Å². The van der Waals surface area contributed by atoms with Crippen LogP contribution in [0.2, 0.25) is 0 Å². The number of benzene rings is 6. The zero-order chi connectivity index (χ0) is 29.6. The molecular formula is C35H18N2O6. The van der Waals surface area contributed by atoms with E-state index < -0.39 is 29.6 Å². The molecule has 2 aliphatic heterocycles. The first-order valence-electron chi connectivity index (χ1n) is 13.4. The van der Waals surface area contributed by atoms with Gasteiger partial charge in [0.1, 0.15) is 0 Å². The van der Waals surface area contributed by atoms with Crippen LogP contribution in [0.15, 0.2) is 103 Å². The highest BCUT2D eigenvalue weighted by atomic mass is 16.4. The van der Waals surface area contributed by atoms with Crippen molar-refractivity contribution >= 4 is 73.3 Å². The molecule has 0 radical (unpaired) electrons. The fourth-order valence-electron chi connectivity index (χ4n) is 6.16. The second kappa shape index (κ2) is 8.67. The highest BCUT2D eigenvalue weighted by Crippen LogP contribution is 2.40. The Kier molecular flexibility index (Phi) is 4.97. The molecule has 43 heavy (non-hydrogen) atoms. The molecule has 1 N–H and O–H groups in total. The molecule has 204 valence electrons. The summed E-state index contributed by atoms with van der Waals surface area (Å²) < 4.78 is 0. The van der Waals surface area contributed by atoms with Crippen LogP contribution in [0.4, 0.5) is 11.4 Å². The topological polar surface area (TPSA) is 112 Å². The molecule has 2 heterocycles. The Balaban J connectivity index is 1.24. The number of carbonyl (C=O) groups excluding carboxylic acids is 4. The fraction of sp³-hybridized carbons (Fsp3) is 0. The normalized spacial score (nSPS) is 14.3. The van der Waals surface area contributed by atoms with E-state index in [1.54, 1.807) is 6.07 Å². The number of carboxylic acid groups (broad SMARTS) is 1. The Bertz CT molecular complexity index is 2230. The molecule has 4 amide bonds. The molecule has 0 aromatic heterocycles. The third-order valence-electron chi connectivity index (χ3n) is 8.21. The van der Waals surface area contributed by atoms with Crippen molar-refractivity contribution < 1.29 is 29.1 Å². The highest BCUT2D eigenvalue weighted by Gasteiger charge is 2.40. The predicted octanol–water partition coefficient (Wildman–Crippen LogP) is 6.45. The first kappa shape index (κ1) is 24.6. The zero-order valence-corrected chi connectivity index (χ0v) is 22.2. The number of rotatable bonds is 3. The van der Waals surface area contributed by atoms with E-state index in [2.05, 4.69) is 6.07 Å². The maximum absolute atomic E-state index is 13.9. The van der Waals surface area contributed by atoms with Crippen molar-refractivity contribution in [1.82, 2.24) is 0 Å². The Labute approximate surface area is 243 Å². The van der Waals surface area contributed by atoms with Gasteiger partial charge in [-0.05, 0) is 94.3 Å². The molecule has 8 heteroatoms. The van der Waals surface area contributed by atoms with Gasteiger partial charge in [-0.1, -0.05) is 30.3 Å². The van der Waals surface area contributed by atoms with Gasteiger partial charge in [-0.15, -0.1) is 0 Å². The van der Waals surface area contributed by atoms with Crippen LogP contribution in [0.1, 0.15) is 51.8 Å². The second-order valence-electron chi connectivity index (χ2n) is 10.5. The van der Waals surface area contributed by atoms with E-state index in [0.29, 0.717) is 5.69 Å². The molecule has 2 aliphatic rings. The summed E-state index contributed by atoms with van der Waals surface area (Å²) in [6.07, 6.45) is 0. The summed E-state index contributed by atoms with van der Waals surface area (Å²) in [4.78, 5) is 68.5. The summed E-state index contributed by atoms with van der Waals surface area (Å²) >= 11 is 0. The second-order valence-corrected chi connectivity index (χ2v) is 10.5. The zero-order valence-electron chi connectivity index (χ0n) is 22.2. The molecule has 0 aliphatic carbocycles. The fourth-order valence-corrected chi connectivity index (χ4v) is 6.16. The molecule has 8 nitrogen and oxygen atoms in total. The van der Waals surface area contributed by atoms with Crippen LogP contribution in [0.3, 0.4) is 0 Å². The van der Waals surface area contributed by atoms with Crippen molar-refractivity contribution in [3.05, 3.63) is 131 Å². The van der Waals surface area contributed by atoms with E-state index >= 15 is 0 Å². The van der Waals surface area contributed by atoms with Crippen LogP contribution in [-0.4, -0.2) is 34.7 Å². The van der Waals surface area contributed by atoms with Gasteiger partial charge in [0.2, 0.25) is 0 Å². The quantitative estimate of drug-likeness (QED) is 0.196. The lowest BCUT2D eigenvalue weighted by Gasteiger charge is -2.32. The van der Waals surface area contributed by atoms with Gasteiger partial charge < -0.3 is 5.11 Å². The smallest absolute Gasteiger partial charge is 0.335 e. The van der Waals surface area contributed by atoms with Gasteiger partial charge in [0.15, 0.2) is 0 Å². The molecule has 0 spiro atoms. The van der Waals surface area contributed by atoms with E-state index in [1.807, 2.05) is 42.5 Å². The van der Waals surface area contributed by atoms with Crippen molar-refractivity contribution in [1.29, 1.82) is 0 Å². The molecule has 0 saturated heterocycles. The van der Waals surface area contributed by atoms with Crippen LogP contribution in [0, 0.1) is 0 Å². The third kappa shape index (κ3) is 3.40. The summed E-state index contributed by atoms with van der Waals surface area (Å²) in [5, 5.41) is 13.7. The monoisotopic (exact) mass is 562 g/mol. The summed E-state index contributed by atoms with van der Waals surface area (Å²) in [6, 6.07) is 28.9. The van der Waals surface area contributed by atoms with Crippen molar-refractivity contribution in [2.75, 3.05) is 9.80 Å². The first-order chi connectivity index (χ1) is 20.8. The molecule has 0 atom stereocenters. The first-order valence-corrected chi connectivity index (χ1v) is 13.4. The highest BCUT2D eigenvalue weighted by molar-refractivity contribution is 6.42. The Morgan fingerprint density at radius 1 is 0.465 bits per heavy atom. The number of carboxylic acids is 1. The van der Waals surface area contributed by atoms with Gasteiger partial charge >= 0.3 is 5.97 Å². The van der Waals surface area contributed by atoms with Gasteiger partial charge in [-0.25, -0.2) is 14.6 Å². The molecule has 0 bridgehead atoms. The Hall–Kier alpha value is -6.15. The average molecular weight is 563 g/mol. The predicted molar refractivity (Wildman–Crippen MR) is 161 cm³/mol. The van der Waals surface area contributed by atoms with Crippen LogP contribution in [0.25, 0.3) is 32.3 Å². The molecule has 0 fully saturated rings. The minimum absolute atomic E-state index is 0.0147. The molecular weight excluding hydrogens is 544 g/mol. The van der Waals surface area contributed by atoms with Crippen LogP contribution < -0.4 is 9.80 Å². The lowest BCUT2D eigenvalue weighted by molar-refractivity contribution is 0.0695. The maximum atomic E-state index is 13.9. The Morgan fingerprint density at radius 3 is 1.37 bits per heavy atom. The van der Waals surface area contributed by atoms with E-state index in [0.717, 1.165) is 31.3 Å². The standard InChI is InChI=1S/C35H18N2O6/c38-31-25-11-13-27-30-28(14-12-26(29(25)30)32(39)36(31)23-8-5-18(6-9-23)35(42)43)34(41)37(33(27)40)24-10-7-21-15-19-3-1-2-4-20(19)16-22(21)17-24/h1-17H,(H,42,43). The summed E-state index contributed by atoms with van der Waals surface area (Å²) in [5.74, 6) is -3.49. The molecule has 6 aromatic carbocycles. The average Bonchev–Trinajstić information content (AvgIpc) is 3.02. The van der Waals surface area contributed by atoms with E-state index in [9.17, 15) is 29.1 Å². The van der Waals surface area contributed by atoms with Crippen LogP contribution in [-0.2, 0) is 0 Å². The van der Waals surface area contributed by atoms with E-state index in [4.69, 9.17) is 0 Å². The van der Waals surface area contributed by atoms with Gasteiger partial charge in [-0.3, -0.25) is 19.2 Å². The largest absolute Gasteiger partial charge is 0.478 e. The van der Waals surface area contributed by atoms with Crippen LogP contribution in [0.5, 0.6) is 0 Å². The molecule has 8 rings (SSSR count). The summed E-state index contributed by atoms with van der Waals surface area (Å²) in [6.45, 7) is 0. The van der Waals surface area contributed by atoms with Crippen LogP contribution >= 0.6 is 0 Å². The van der Waals surface area contributed by atoms with Gasteiger partial charge in [0, 0.05) is 33.0 Å². The molecule has 0 unspecified atom stereocenters. The molecule has 6 aromatic rings. The Morgan fingerprint density at radius 2 is 0.884 bits per heavy atom. The SMILES string of the molecule is O=C(O)c1ccc(N2C(=O)c3ccc4c5c(ccc(c35)C2=O)C(=O)N(c2ccc3cc5ccccc5cc3c2)C4=O)cc1. The summed E-state index contributed by atoms with van der Waals surface area (Å²) in [5.41, 5.74) is 1.41.